The Morgan fingerprint density at radius 1 is 1.10 bits per heavy atom. The Bertz CT molecular complexity index is 1190. The summed E-state index contributed by atoms with van der Waals surface area (Å²) in [5.74, 6) is 1.18. The summed E-state index contributed by atoms with van der Waals surface area (Å²) in [5.41, 5.74) is 3.05. The molecule has 8 nitrogen and oxygen atoms in total. The van der Waals surface area contributed by atoms with Crippen LogP contribution in [0.2, 0.25) is 0 Å². The lowest BCUT2D eigenvalue weighted by molar-refractivity contribution is 0.0303. The Balaban J connectivity index is 1.47. The van der Waals surface area contributed by atoms with Crippen LogP contribution >= 0.6 is 0 Å². The monoisotopic (exact) mass is 405 g/mol. The molecule has 3 heterocycles. The van der Waals surface area contributed by atoms with Crippen molar-refractivity contribution in [2.75, 3.05) is 33.4 Å². The maximum atomic E-state index is 12.8. The molecule has 5 rings (SSSR count). The van der Waals surface area contributed by atoms with Gasteiger partial charge in [-0.05, 0) is 42.5 Å². The molecule has 4 aromatic rings. The van der Waals surface area contributed by atoms with Crippen molar-refractivity contribution >= 4 is 16.9 Å². The molecule has 1 amide bonds. The predicted octanol–water partition coefficient (Wildman–Crippen LogP) is 3.63. The van der Waals surface area contributed by atoms with E-state index >= 15 is 0 Å². The molecule has 0 unspecified atom stereocenters. The van der Waals surface area contributed by atoms with E-state index in [0.29, 0.717) is 60.1 Å². The van der Waals surface area contributed by atoms with Crippen molar-refractivity contribution in [3.05, 3.63) is 54.3 Å². The third kappa shape index (κ3) is 3.31. The normalized spacial score (nSPS) is 14.2. The largest absolute Gasteiger partial charge is 0.497 e. The van der Waals surface area contributed by atoms with Gasteiger partial charge in [-0.2, -0.15) is 0 Å². The molecule has 152 valence electrons. The number of carbonyl (C=O) groups is 1. The second-order valence-electron chi connectivity index (χ2n) is 6.91. The van der Waals surface area contributed by atoms with E-state index in [-0.39, 0.29) is 5.91 Å². The number of methoxy groups -OCH3 is 1. The Kier molecular flexibility index (Phi) is 4.68. The average Bonchev–Trinajstić information content (AvgIpc) is 3.46. The molecule has 1 saturated heterocycles. The van der Waals surface area contributed by atoms with E-state index in [1.165, 1.54) is 6.26 Å². The van der Waals surface area contributed by atoms with Crippen LogP contribution in [0.5, 0.6) is 5.75 Å². The van der Waals surface area contributed by atoms with Crippen LogP contribution < -0.4 is 4.74 Å². The summed E-state index contributed by atoms with van der Waals surface area (Å²) in [6.07, 6.45) is 1.54. The third-order valence-corrected chi connectivity index (χ3v) is 5.10. The van der Waals surface area contributed by atoms with Crippen molar-refractivity contribution < 1.29 is 23.2 Å². The van der Waals surface area contributed by atoms with Gasteiger partial charge < -0.3 is 23.3 Å². The van der Waals surface area contributed by atoms with Crippen molar-refractivity contribution in [3.63, 3.8) is 0 Å². The molecular formula is C22H19N3O5. The lowest BCUT2D eigenvalue weighted by atomic mass is 10.1. The van der Waals surface area contributed by atoms with E-state index in [1.807, 2.05) is 24.3 Å². The summed E-state index contributed by atoms with van der Waals surface area (Å²) < 4.78 is 21.6. The van der Waals surface area contributed by atoms with Crippen molar-refractivity contribution in [3.8, 4) is 28.6 Å². The number of nitrogens with zero attached hydrogens (tertiary/aromatic N) is 3. The van der Waals surface area contributed by atoms with Gasteiger partial charge in [0, 0.05) is 24.2 Å². The third-order valence-electron chi connectivity index (χ3n) is 5.10. The predicted molar refractivity (Wildman–Crippen MR) is 108 cm³/mol. The smallest absolute Gasteiger partial charge is 0.254 e. The molecule has 8 heteroatoms. The number of carbonyl (C=O) groups excluding carboxylic acids is 1. The lowest BCUT2D eigenvalue weighted by Crippen LogP contribution is -2.40. The van der Waals surface area contributed by atoms with Gasteiger partial charge in [0.05, 0.1) is 25.7 Å². The van der Waals surface area contributed by atoms with Gasteiger partial charge in [-0.15, -0.1) is 0 Å². The van der Waals surface area contributed by atoms with Gasteiger partial charge in [-0.25, -0.2) is 4.98 Å². The van der Waals surface area contributed by atoms with E-state index in [4.69, 9.17) is 18.4 Å². The number of ether oxygens (including phenoxy) is 2. The molecule has 0 atom stereocenters. The number of hydrogen-bond donors (Lipinski definition) is 0. The maximum absolute atomic E-state index is 12.8. The van der Waals surface area contributed by atoms with Crippen LogP contribution in [-0.4, -0.2) is 54.4 Å². The molecule has 2 aromatic heterocycles. The number of benzene rings is 2. The van der Waals surface area contributed by atoms with Crippen LogP contribution in [0, 0.1) is 0 Å². The number of rotatable bonds is 4. The van der Waals surface area contributed by atoms with Crippen LogP contribution in [0.3, 0.4) is 0 Å². The standard InChI is InChI=1S/C22H19N3O5/c1-27-16-5-2-14(3-6-16)21-23-18(13-29-21)20-17-12-15(4-7-19(17)30-24-20)22(26)25-8-10-28-11-9-25/h2-7,12-13H,8-11H2,1H3. The van der Waals surface area contributed by atoms with E-state index in [9.17, 15) is 4.79 Å². The van der Waals surface area contributed by atoms with Crippen molar-refractivity contribution in [1.82, 2.24) is 15.0 Å². The fraction of sp³-hybridized carbons (Fsp3) is 0.227. The van der Waals surface area contributed by atoms with Crippen molar-refractivity contribution in [1.29, 1.82) is 0 Å². The maximum Gasteiger partial charge on any atom is 0.254 e. The highest BCUT2D eigenvalue weighted by Gasteiger charge is 2.21. The summed E-state index contributed by atoms with van der Waals surface area (Å²) in [6.45, 7) is 2.28. The minimum atomic E-state index is -0.0357. The molecule has 0 bridgehead atoms. The highest BCUT2D eigenvalue weighted by molar-refractivity contribution is 6.00. The van der Waals surface area contributed by atoms with Gasteiger partial charge in [-0.3, -0.25) is 4.79 Å². The van der Waals surface area contributed by atoms with E-state index < -0.39 is 0 Å². The quantitative estimate of drug-likeness (QED) is 0.512. The Labute approximate surface area is 172 Å². The molecule has 30 heavy (non-hydrogen) atoms. The molecule has 1 aliphatic rings. The summed E-state index contributed by atoms with van der Waals surface area (Å²) in [4.78, 5) is 19.2. The first-order valence-corrected chi connectivity index (χ1v) is 9.60. The number of aromatic nitrogens is 2. The zero-order valence-electron chi connectivity index (χ0n) is 16.3. The summed E-state index contributed by atoms with van der Waals surface area (Å²) >= 11 is 0. The van der Waals surface area contributed by atoms with Gasteiger partial charge in [0.1, 0.15) is 23.4 Å². The van der Waals surface area contributed by atoms with Crippen LogP contribution in [0.25, 0.3) is 33.8 Å². The topological polar surface area (TPSA) is 90.8 Å². The van der Waals surface area contributed by atoms with Gasteiger partial charge in [0.2, 0.25) is 5.89 Å². The van der Waals surface area contributed by atoms with Crippen LogP contribution in [-0.2, 0) is 4.74 Å². The van der Waals surface area contributed by atoms with Crippen LogP contribution in [0.1, 0.15) is 10.4 Å². The second kappa shape index (κ2) is 7.64. The zero-order chi connectivity index (χ0) is 20.5. The number of oxazole rings is 1. The zero-order valence-corrected chi connectivity index (χ0v) is 16.3. The van der Waals surface area contributed by atoms with E-state index in [0.717, 1.165) is 11.3 Å². The molecule has 0 aliphatic carbocycles. The average molecular weight is 405 g/mol. The molecule has 0 spiro atoms. The van der Waals surface area contributed by atoms with Gasteiger partial charge >= 0.3 is 0 Å². The highest BCUT2D eigenvalue weighted by atomic mass is 16.5. The first-order valence-electron chi connectivity index (χ1n) is 9.60. The Morgan fingerprint density at radius 3 is 2.67 bits per heavy atom. The first-order chi connectivity index (χ1) is 14.7. The van der Waals surface area contributed by atoms with Crippen molar-refractivity contribution in [2.24, 2.45) is 0 Å². The van der Waals surface area contributed by atoms with E-state index in [2.05, 4.69) is 10.1 Å². The lowest BCUT2D eigenvalue weighted by Gasteiger charge is -2.26. The second-order valence-corrected chi connectivity index (χ2v) is 6.91. The minimum Gasteiger partial charge on any atom is -0.497 e. The molecule has 1 aliphatic heterocycles. The molecule has 0 N–H and O–H groups in total. The van der Waals surface area contributed by atoms with Crippen molar-refractivity contribution in [2.45, 2.75) is 0 Å². The van der Waals surface area contributed by atoms with Crippen LogP contribution in [0.4, 0.5) is 0 Å². The van der Waals surface area contributed by atoms with Gasteiger partial charge in [0.25, 0.3) is 5.91 Å². The molecule has 0 saturated carbocycles. The van der Waals surface area contributed by atoms with Crippen LogP contribution in [0.15, 0.2) is 57.7 Å². The summed E-state index contributed by atoms with van der Waals surface area (Å²) in [6, 6.07) is 12.7. The van der Waals surface area contributed by atoms with E-state index in [1.54, 1.807) is 30.2 Å². The Morgan fingerprint density at radius 2 is 1.90 bits per heavy atom. The Hall–Kier alpha value is -3.65. The number of amides is 1. The fourth-order valence-electron chi connectivity index (χ4n) is 3.45. The number of fused-ring (bicyclic) bond motifs is 1. The molecular weight excluding hydrogens is 386 g/mol. The fourth-order valence-corrected chi connectivity index (χ4v) is 3.45. The number of morpholine rings is 1. The molecule has 1 fully saturated rings. The minimum absolute atomic E-state index is 0.0357. The molecule has 2 aromatic carbocycles. The first kappa shape index (κ1) is 18.4. The van der Waals surface area contributed by atoms with Gasteiger partial charge in [0.15, 0.2) is 5.58 Å². The summed E-state index contributed by atoms with van der Waals surface area (Å²) in [5, 5.41) is 4.86. The number of hydrogen-bond acceptors (Lipinski definition) is 7. The molecule has 0 radical (unpaired) electrons. The highest BCUT2D eigenvalue weighted by Crippen LogP contribution is 2.31. The van der Waals surface area contributed by atoms with Gasteiger partial charge in [-0.1, -0.05) is 5.16 Å². The summed E-state index contributed by atoms with van der Waals surface area (Å²) in [7, 11) is 1.62. The SMILES string of the molecule is COc1ccc(-c2nc(-c3noc4ccc(C(=O)N5CCOCC5)cc34)co2)cc1.